The highest BCUT2D eigenvalue weighted by Crippen LogP contribution is 2.13. The van der Waals surface area contributed by atoms with Gasteiger partial charge in [-0.25, -0.2) is 0 Å². The van der Waals surface area contributed by atoms with Crippen molar-refractivity contribution in [3.8, 4) is 0 Å². The Hall–Kier alpha value is -1.84. The van der Waals surface area contributed by atoms with Crippen LogP contribution in [0.2, 0.25) is 0 Å². The van der Waals surface area contributed by atoms with Gasteiger partial charge in [-0.2, -0.15) is 0 Å². The SMILES string of the molecule is CC(C)CCCOC(=O)CCCC(=O)NCC(C)c1ccccc1. The summed E-state index contributed by atoms with van der Waals surface area (Å²) in [6.07, 6.45) is 3.18. The Bertz CT molecular complexity index is 485. The molecule has 0 radical (unpaired) electrons. The third kappa shape index (κ3) is 9.33. The third-order valence-corrected chi connectivity index (χ3v) is 3.95. The first kappa shape index (κ1) is 20.2. The summed E-state index contributed by atoms with van der Waals surface area (Å²) in [4.78, 5) is 23.4. The van der Waals surface area contributed by atoms with E-state index >= 15 is 0 Å². The van der Waals surface area contributed by atoms with Gasteiger partial charge in [0.25, 0.3) is 0 Å². The van der Waals surface area contributed by atoms with Gasteiger partial charge in [0.05, 0.1) is 6.61 Å². The number of amides is 1. The molecule has 1 atom stereocenters. The molecule has 1 unspecified atom stereocenters. The van der Waals surface area contributed by atoms with Gasteiger partial charge in [-0.15, -0.1) is 0 Å². The minimum atomic E-state index is -0.204. The number of hydrogen-bond donors (Lipinski definition) is 1. The minimum Gasteiger partial charge on any atom is -0.466 e. The van der Waals surface area contributed by atoms with E-state index in [0.717, 1.165) is 12.8 Å². The predicted molar refractivity (Wildman–Crippen MR) is 96.7 cm³/mol. The van der Waals surface area contributed by atoms with Crippen LogP contribution in [0.1, 0.15) is 64.4 Å². The molecule has 1 aromatic carbocycles. The molecule has 1 amide bonds. The maximum Gasteiger partial charge on any atom is 0.305 e. The van der Waals surface area contributed by atoms with Gasteiger partial charge in [-0.05, 0) is 36.7 Å². The third-order valence-electron chi connectivity index (χ3n) is 3.95. The van der Waals surface area contributed by atoms with Crippen LogP contribution in [0.4, 0.5) is 0 Å². The normalized spacial score (nSPS) is 12.0. The van der Waals surface area contributed by atoms with Gasteiger partial charge in [-0.3, -0.25) is 9.59 Å². The Kier molecular flexibility index (Phi) is 9.81. The summed E-state index contributed by atoms with van der Waals surface area (Å²) in [5.74, 6) is 0.696. The molecule has 0 heterocycles. The zero-order valence-electron chi connectivity index (χ0n) is 15.2. The highest BCUT2D eigenvalue weighted by molar-refractivity contribution is 5.77. The average molecular weight is 333 g/mol. The lowest BCUT2D eigenvalue weighted by atomic mass is 10.0. The van der Waals surface area contributed by atoms with E-state index in [0.29, 0.717) is 38.3 Å². The van der Waals surface area contributed by atoms with E-state index in [2.05, 4.69) is 38.2 Å². The molecule has 0 spiro atoms. The summed E-state index contributed by atoms with van der Waals surface area (Å²) in [6.45, 7) is 7.49. The van der Waals surface area contributed by atoms with Gasteiger partial charge in [-0.1, -0.05) is 51.1 Å². The van der Waals surface area contributed by atoms with Gasteiger partial charge in [0, 0.05) is 19.4 Å². The van der Waals surface area contributed by atoms with Crippen molar-refractivity contribution in [1.29, 1.82) is 0 Å². The average Bonchev–Trinajstić information content (AvgIpc) is 2.57. The van der Waals surface area contributed by atoms with Crippen LogP contribution < -0.4 is 5.32 Å². The lowest BCUT2D eigenvalue weighted by Crippen LogP contribution is -2.27. The second-order valence-electron chi connectivity index (χ2n) is 6.73. The van der Waals surface area contributed by atoms with E-state index < -0.39 is 0 Å². The fourth-order valence-electron chi connectivity index (χ4n) is 2.40. The topological polar surface area (TPSA) is 55.4 Å². The molecule has 0 bridgehead atoms. The molecular weight excluding hydrogens is 302 g/mol. The summed E-state index contributed by atoms with van der Waals surface area (Å²) >= 11 is 0. The number of rotatable bonds is 11. The Morgan fingerprint density at radius 1 is 1.04 bits per heavy atom. The molecule has 0 aliphatic carbocycles. The maximum atomic E-state index is 11.8. The number of carbonyl (C=O) groups is 2. The lowest BCUT2D eigenvalue weighted by Gasteiger charge is -2.13. The monoisotopic (exact) mass is 333 g/mol. The standard InChI is InChI=1S/C20H31NO3/c1-16(2)9-8-14-24-20(23)13-7-12-19(22)21-15-17(3)18-10-5-4-6-11-18/h4-6,10-11,16-17H,7-9,12-15H2,1-3H3,(H,21,22). The van der Waals surface area contributed by atoms with Crippen molar-refractivity contribution < 1.29 is 14.3 Å². The highest BCUT2D eigenvalue weighted by Gasteiger charge is 2.09. The van der Waals surface area contributed by atoms with Crippen molar-refractivity contribution in [1.82, 2.24) is 5.32 Å². The van der Waals surface area contributed by atoms with E-state index in [9.17, 15) is 9.59 Å². The Labute approximate surface area is 146 Å². The first-order valence-electron chi connectivity index (χ1n) is 8.96. The fourth-order valence-corrected chi connectivity index (χ4v) is 2.40. The van der Waals surface area contributed by atoms with Crippen molar-refractivity contribution in [3.05, 3.63) is 35.9 Å². The molecule has 1 aromatic rings. The number of benzene rings is 1. The van der Waals surface area contributed by atoms with E-state index in [1.54, 1.807) is 0 Å². The summed E-state index contributed by atoms with van der Waals surface area (Å²) in [7, 11) is 0. The van der Waals surface area contributed by atoms with Gasteiger partial charge >= 0.3 is 5.97 Å². The van der Waals surface area contributed by atoms with Crippen molar-refractivity contribution in [3.63, 3.8) is 0 Å². The Morgan fingerprint density at radius 2 is 1.75 bits per heavy atom. The molecule has 0 aromatic heterocycles. The van der Waals surface area contributed by atoms with Crippen LogP contribution in [0, 0.1) is 5.92 Å². The summed E-state index contributed by atoms with van der Waals surface area (Å²) in [6, 6.07) is 10.1. The maximum absolute atomic E-state index is 11.8. The summed E-state index contributed by atoms with van der Waals surface area (Å²) in [5.41, 5.74) is 1.21. The first-order valence-corrected chi connectivity index (χ1v) is 8.96. The molecular formula is C20H31NO3. The van der Waals surface area contributed by atoms with Crippen LogP contribution in [-0.4, -0.2) is 25.0 Å². The van der Waals surface area contributed by atoms with Gasteiger partial charge in [0.1, 0.15) is 0 Å². The summed E-state index contributed by atoms with van der Waals surface area (Å²) < 4.78 is 5.16. The number of nitrogens with one attached hydrogen (secondary N) is 1. The number of esters is 1. The van der Waals surface area contributed by atoms with Crippen molar-refractivity contribution in [2.24, 2.45) is 5.92 Å². The summed E-state index contributed by atoms with van der Waals surface area (Å²) in [5, 5.41) is 2.93. The number of carbonyl (C=O) groups excluding carboxylic acids is 2. The molecule has 0 aliphatic heterocycles. The van der Waals surface area contributed by atoms with E-state index in [1.807, 2.05) is 18.2 Å². The Balaban J connectivity index is 2.08. The van der Waals surface area contributed by atoms with Crippen LogP contribution in [0.5, 0.6) is 0 Å². The molecule has 4 heteroatoms. The molecule has 24 heavy (non-hydrogen) atoms. The quantitative estimate of drug-likeness (QED) is 0.491. The van der Waals surface area contributed by atoms with Crippen molar-refractivity contribution >= 4 is 11.9 Å². The van der Waals surface area contributed by atoms with Crippen LogP contribution in [0.25, 0.3) is 0 Å². The van der Waals surface area contributed by atoms with E-state index in [4.69, 9.17) is 4.74 Å². The van der Waals surface area contributed by atoms with Crippen molar-refractivity contribution in [2.45, 2.75) is 58.8 Å². The zero-order valence-corrected chi connectivity index (χ0v) is 15.2. The first-order chi connectivity index (χ1) is 11.5. The molecule has 0 aliphatic rings. The van der Waals surface area contributed by atoms with Gasteiger partial charge < -0.3 is 10.1 Å². The van der Waals surface area contributed by atoms with Gasteiger partial charge in [0.2, 0.25) is 5.91 Å². The number of ether oxygens (including phenoxy) is 1. The predicted octanol–water partition coefficient (Wildman–Crippen LogP) is 4.06. The molecule has 1 N–H and O–H groups in total. The second-order valence-corrected chi connectivity index (χ2v) is 6.73. The van der Waals surface area contributed by atoms with Crippen LogP contribution in [-0.2, 0) is 14.3 Å². The molecule has 0 fully saturated rings. The molecule has 134 valence electrons. The smallest absolute Gasteiger partial charge is 0.305 e. The molecule has 0 saturated carbocycles. The minimum absolute atomic E-state index is 0.00890. The zero-order chi connectivity index (χ0) is 17.8. The molecule has 0 saturated heterocycles. The fraction of sp³-hybridized carbons (Fsp3) is 0.600. The largest absolute Gasteiger partial charge is 0.466 e. The van der Waals surface area contributed by atoms with Crippen LogP contribution in [0.3, 0.4) is 0 Å². The van der Waals surface area contributed by atoms with Gasteiger partial charge in [0.15, 0.2) is 0 Å². The second kappa shape index (κ2) is 11.7. The van der Waals surface area contributed by atoms with Crippen LogP contribution in [0.15, 0.2) is 30.3 Å². The van der Waals surface area contributed by atoms with E-state index in [-0.39, 0.29) is 17.8 Å². The van der Waals surface area contributed by atoms with E-state index in [1.165, 1.54) is 5.56 Å². The number of hydrogen-bond acceptors (Lipinski definition) is 3. The lowest BCUT2D eigenvalue weighted by molar-refractivity contribution is -0.144. The van der Waals surface area contributed by atoms with Crippen LogP contribution >= 0.6 is 0 Å². The molecule has 1 rings (SSSR count). The highest BCUT2D eigenvalue weighted by atomic mass is 16.5. The Morgan fingerprint density at radius 3 is 2.42 bits per heavy atom. The molecule has 4 nitrogen and oxygen atoms in total. The van der Waals surface area contributed by atoms with Crippen molar-refractivity contribution in [2.75, 3.05) is 13.2 Å².